The average molecular weight is 209 g/mol. The highest BCUT2D eigenvalue weighted by Gasteiger charge is 2.11. The van der Waals surface area contributed by atoms with Crippen LogP contribution in [0.4, 0.5) is 0 Å². The van der Waals surface area contributed by atoms with Crippen LogP contribution in [0, 0.1) is 6.42 Å². The van der Waals surface area contributed by atoms with Gasteiger partial charge in [0.15, 0.2) is 0 Å². The van der Waals surface area contributed by atoms with Gasteiger partial charge in [-0.2, -0.15) is 0 Å². The van der Waals surface area contributed by atoms with Crippen molar-refractivity contribution >= 4 is 0 Å². The van der Waals surface area contributed by atoms with E-state index in [2.05, 4.69) is 6.42 Å². The van der Waals surface area contributed by atoms with Crippen LogP contribution < -0.4 is 14.2 Å². The molecule has 15 heavy (non-hydrogen) atoms. The first-order valence-electron chi connectivity index (χ1n) is 4.83. The van der Waals surface area contributed by atoms with Gasteiger partial charge in [0.25, 0.3) is 0 Å². The second-order valence-corrected chi connectivity index (χ2v) is 3.12. The third kappa shape index (κ3) is 2.55. The van der Waals surface area contributed by atoms with E-state index < -0.39 is 0 Å². The molecule has 0 bridgehead atoms. The largest absolute Gasteiger partial charge is 0.496 e. The molecule has 1 rings (SSSR count). The Bertz CT molecular complexity index is 296. The molecule has 0 fully saturated rings. The van der Waals surface area contributed by atoms with E-state index in [1.807, 2.05) is 19.1 Å². The van der Waals surface area contributed by atoms with Crippen molar-refractivity contribution < 1.29 is 14.2 Å². The van der Waals surface area contributed by atoms with Gasteiger partial charge in [-0.3, -0.25) is 0 Å². The summed E-state index contributed by atoms with van der Waals surface area (Å²) < 4.78 is 15.8. The first-order chi connectivity index (χ1) is 7.26. The van der Waals surface area contributed by atoms with Crippen molar-refractivity contribution in [3.05, 3.63) is 24.1 Å². The maximum absolute atomic E-state index is 5.30. The first-order valence-corrected chi connectivity index (χ1v) is 4.83. The topological polar surface area (TPSA) is 27.7 Å². The Labute approximate surface area is 91.0 Å². The van der Waals surface area contributed by atoms with Crippen molar-refractivity contribution in [2.24, 2.45) is 0 Å². The SMILES string of the molecule is C[CH]Cc1c(OC)cc(OC)cc1OC. The number of hydrogen-bond donors (Lipinski definition) is 0. The predicted molar refractivity (Wildman–Crippen MR) is 59.8 cm³/mol. The molecular formula is C12H17O3. The van der Waals surface area contributed by atoms with Crippen molar-refractivity contribution in [2.45, 2.75) is 13.3 Å². The smallest absolute Gasteiger partial charge is 0.129 e. The molecule has 0 aromatic heterocycles. The first kappa shape index (κ1) is 11.7. The Kier molecular flexibility index (Phi) is 4.28. The minimum Gasteiger partial charge on any atom is -0.496 e. The van der Waals surface area contributed by atoms with Crippen molar-refractivity contribution in [2.75, 3.05) is 21.3 Å². The van der Waals surface area contributed by atoms with Gasteiger partial charge >= 0.3 is 0 Å². The summed E-state index contributed by atoms with van der Waals surface area (Å²) in [6.45, 7) is 2.00. The van der Waals surface area contributed by atoms with Gasteiger partial charge in [0.05, 0.1) is 21.3 Å². The van der Waals surface area contributed by atoms with E-state index >= 15 is 0 Å². The monoisotopic (exact) mass is 209 g/mol. The van der Waals surface area contributed by atoms with Crippen LogP contribution in [0.3, 0.4) is 0 Å². The van der Waals surface area contributed by atoms with Crippen molar-refractivity contribution in [1.29, 1.82) is 0 Å². The van der Waals surface area contributed by atoms with Crippen molar-refractivity contribution in [3.63, 3.8) is 0 Å². The van der Waals surface area contributed by atoms with E-state index in [0.717, 1.165) is 29.2 Å². The standard InChI is InChI=1S/C12H17O3/c1-5-6-10-11(14-3)7-9(13-2)8-12(10)15-4/h5,7-8H,6H2,1-4H3. The summed E-state index contributed by atoms with van der Waals surface area (Å²) in [5, 5.41) is 0. The summed E-state index contributed by atoms with van der Waals surface area (Å²) >= 11 is 0. The van der Waals surface area contributed by atoms with E-state index in [1.54, 1.807) is 21.3 Å². The van der Waals surface area contributed by atoms with Gasteiger partial charge in [-0.1, -0.05) is 6.92 Å². The second kappa shape index (κ2) is 5.49. The fourth-order valence-electron chi connectivity index (χ4n) is 1.48. The minimum absolute atomic E-state index is 0.739. The Morgan fingerprint density at radius 3 is 1.87 bits per heavy atom. The van der Waals surface area contributed by atoms with E-state index in [-0.39, 0.29) is 0 Å². The van der Waals surface area contributed by atoms with Crippen molar-refractivity contribution in [1.82, 2.24) is 0 Å². The van der Waals surface area contributed by atoms with E-state index in [0.29, 0.717) is 0 Å². The lowest BCUT2D eigenvalue weighted by atomic mass is 10.1. The van der Waals surface area contributed by atoms with Crippen molar-refractivity contribution in [3.8, 4) is 17.2 Å². The second-order valence-electron chi connectivity index (χ2n) is 3.12. The van der Waals surface area contributed by atoms with Crippen LogP contribution in [0.2, 0.25) is 0 Å². The number of ether oxygens (including phenoxy) is 3. The number of benzene rings is 1. The summed E-state index contributed by atoms with van der Waals surface area (Å²) in [5.41, 5.74) is 1.04. The quantitative estimate of drug-likeness (QED) is 0.745. The van der Waals surface area contributed by atoms with E-state index in [1.165, 1.54) is 0 Å². The van der Waals surface area contributed by atoms with E-state index in [9.17, 15) is 0 Å². The highest BCUT2D eigenvalue weighted by Crippen LogP contribution is 2.34. The van der Waals surface area contributed by atoms with Crippen LogP contribution in [0.15, 0.2) is 12.1 Å². The fourth-order valence-corrected chi connectivity index (χ4v) is 1.48. The molecule has 0 atom stereocenters. The lowest BCUT2D eigenvalue weighted by Gasteiger charge is -2.14. The van der Waals surface area contributed by atoms with Gasteiger partial charge < -0.3 is 14.2 Å². The molecule has 0 unspecified atom stereocenters. The van der Waals surface area contributed by atoms with Crippen LogP contribution in [0.25, 0.3) is 0 Å². The highest BCUT2D eigenvalue weighted by atomic mass is 16.5. The zero-order chi connectivity index (χ0) is 11.3. The average Bonchev–Trinajstić information content (AvgIpc) is 2.29. The molecule has 3 heteroatoms. The molecule has 0 saturated heterocycles. The molecule has 0 aliphatic carbocycles. The molecule has 1 aromatic carbocycles. The molecule has 0 N–H and O–H groups in total. The molecule has 83 valence electrons. The molecule has 0 saturated carbocycles. The summed E-state index contributed by atoms with van der Waals surface area (Å²) in [6.07, 6.45) is 2.88. The molecule has 0 aliphatic heterocycles. The molecule has 0 amide bonds. The van der Waals surface area contributed by atoms with Crippen LogP contribution in [-0.4, -0.2) is 21.3 Å². The van der Waals surface area contributed by atoms with Crippen LogP contribution in [0.1, 0.15) is 12.5 Å². The fraction of sp³-hybridized carbons (Fsp3) is 0.417. The molecule has 1 aromatic rings. The lowest BCUT2D eigenvalue weighted by molar-refractivity contribution is 0.369. The van der Waals surface area contributed by atoms with E-state index in [4.69, 9.17) is 14.2 Å². The number of rotatable bonds is 5. The Hall–Kier alpha value is -1.38. The van der Waals surface area contributed by atoms with Gasteiger partial charge in [0.2, 0.25) is 0 Å². The summed E-state index contributed by atoms with van der Waals surface area (Å²) in [4.78, 5) is 0. The van der Waals surface area contributed by atoms with Gasteiger partial charge in [0, 0.05) is 17.7 Å². The zero-order valence-electron chi connectivity index (χ0n) is 9.66. The van der Waals surface area contributed by atoms with Gasteiger partial charge in [-0.05, 0) is 12.8 Å². The maximum Gasteiger partial charge on any atom is 0.129 e. The molecular weight excluding hydrogens is 192 g/mol. The number of methoxy groups -OCH3 is 3. The highest BCUT2D eigenvalue weighted by molar-refractivity contribution is 5.51. The lowest BCUT2D eigenvalue weighted by Crippen LogP contribution is -1.98. The summed E-state index contributed by atoms with van der Waals surface area (Å²) in [7, 11) is 4.92. The Balaban J connectivity index is 3.19. The molecule has 3 nitrogen and oxygen atoms in total. The molecule has 0 spiro atoms. The van der Waals surface area contributed by atoms with Gasteiger partial charge in [0.1, 0.15) is 17.2 Å². The Morgan fingerprint density at radius 2 is 1.53 bits per heavy atom. The summed E-state index contributed by atoms with van der Waals surface area (Å²) in [5.74, 6) is 2.33. The predicted octanol–water partition coefficient (Wildman–Crippen LogP) is 2.48. The molecule has 1 radical (unpaired) electrons. The molecule has 0 aliphatic rings. The maximum atomic E-state index is 5.30. The normalized spacial score (nSPS) is 9.87. The number of hydrogen-bond acceptors (Lipinski definition) is 3. The third-order valence-corrected chi connectivity index (χ3v) is 2.23. The van der Waals surface area contributed by atoms with Gasteiger partial charge in [-0.25, -0.2) is 0 Å². The third-order valence-electron chi connectivity index (χ3n) is 2.23. The zero-order valence-corrected chi connectivity index (χ0v) is 9.66. The molecule has 0 heterocycles. The minimum atomic E-state index is 0.739. The van der Waals surface area contributed by atoms with Crippen LogP contribution >= 0.6 is 0 Å². The van der Waals surface area contributed by atoms with Crippen LogP contribution in [0.5, 0.6) is 17.2 Å². The summed E-state index contributed by atoms with van der Waals surface area (Å²) in [6, 6.07) is 3.72. The van der Waals surface area contributed by atoms with Crippen LogP contribution in [-0.2, 0) is 6.42 Å². The van der Waals surface area contributed by atoms with Gasteiger partial charge in [-0.15, -0.1) is 0 Å². The Morgan fingerprint density at radius 1 is 1.00 bits per heavy atom.